The van der Waals surface area contributed by atoms with Crippen molar-refractivity contribution in [2.24, 2.45) is 0 Å². The van der Waals surface area contributed by atoms with Gasteiger partial charge in [0.25, 0.3) is 15.7 Å². The number of fused-ring (bicyclic) bond motifs is 1. The Kier molecular flexibility index (Phi) is 13.1. The highest BCUT2D eigenvalue weighted by Gasteiger charge is 2.26. The topological polar surface area (TPSA) is 146 Å². The Morgan fingerprint density at radius 1 is 0.883 bits per heavy atom. The predicted octanol–water partition coefficient (Wildman–Crippen LogP) is 9.09. The average Bonchev–Trinajstić information content (AvgIpc) is 3.24. The molecule has 0 bridgehead atoms. The van der Waals surface area contributed by atoms with Crippen LogP contribution in [0.1, 0.15) is 31.2 Å². The maximum atomic E-state index is 13.8. The molecule has 1 saturated carbocycles. The molecule has 12 nitrogen and oxygen atoms in total. The molecule has 2 heterocycles. The van der Waals surface area contributed by atoms with E-state index < -0.39 is 14.9 Å². The van der Waals surface area contributed by atoms with Crippen LogP contribution in [0.2, 0.25) is 5.02 Å². The largest absolute Gasteiger partial charge is 0.376 e. The van der Waals surface area contributed by atoms with Crippen LogP contribution in [-0.4, -0.2) is 78.8 Å². The van der Waals surface area contributed by atoms with Crippen molar-refractivity contribution in [1.29, 1.82) is 0 Å². The van der Waals surface area contributed by atoms with E-state index in [1.165, 1.54) is 48.8 Å². The normalized spacial score (nSPS) is 15.4. The van der Waals surface area contributed by atoms with Gasteiger partial charge in [-0.05, 0) is 97.1 Å². The highest BCUT2D eigenvalue weighted by atomic mass is 35.5. The van der Waals surface area contributed by atoms with Crippen molar-refractivity contribution in [2.45, 2.75) is 54.1 Å². The van der Waals surface area contributed by atoms with Crippen molar-refractivity contribution in [3.63, 3.8) is 0 Å². The van der Waals surface area contributed by atoms with Gasteiger partial charge in [-0.3, -0.25) is 19.7 Å². The highest BCUT2D eigenvalue weighted by molar-refractivity contribution is 7.99. The zero-order chi connectivity index (χ0) is 41.5. The number of piperazine rings is 1. The second-order valence-electron chi connectivity index (χ2n) is 15.2. The fourth-order valence-electron chi connectivity index (χ4n) is 7.64. The van der Waals surface area contributed by atoms with Gasteiger partial charge in [-0.15, -0.1) is 11.8 Å². The van der Waals surface area contributed by atoms with Gasteiger partial charge in [-0.2, -0.15) is 0 Å². The van der Waals surface area contributed by atoms with E-state index in [9.17, 15) is 18.5 Å². The molecule has 1 aliphatic heterocycles. The molecule has 5 aromatic carbocycles. The maximum absolute atomic E-state index is 13.8. The summed E-state index contributed by atoms with van der Waals surface area (Å²) in [6.07, 6.45) is 5.63. The summed E-state index contributed by atoms with van der Waals surface area (Å²) in [7, 11) is -4.27. The van der Waals surface area contributed by atoms with E-state index in [4.69, 9.17) is 11.6 Å². The molecule has 310 valence electrons. The molecule has 0 radical (unpaired) electrons. The standard InChI is InChI=1S/C45H47ClN8O4S2/c46-34-15-13-32(14-16-34)40-12-5-4-7-33(40)29-52-23-25-53(26-24-52)37-17-19-41-43(27-37)48-31-49-45(41)51-60(57,58)39-18-20-42(44(28-39)54(55)56)50-36(21-22-47-35-8-6-9-35)30-59-38-10-2-1-3-11-38/h1-5,7,10-20,27-28,31,35-36,47,50H,6,8-9,21-26,29-30H2,(H,48,49,51)/t36-/m1/s1. The molecule has 15 heteroatoms. The number of sulfonamides is 1. The Morgan fingerprint density at radius 2 is 1.65 bits per heavy atom. The minimum atomic E-state index is -4.27. The number of nitro benzene ring substituents is 1. The summed E-state index contributed by atoms with van der Waals surface area (Å²) in [5, 5.41) is 20.6. The minimum absolute atomic E-state index is 0.0949. The second kappa shape index (κ2) is 19.0. The molecule has 1 saturated heterocycles. The quantitative estimate of drug-likeness (QED) is 0.0459. The van der Waals surface area contributed by atoms with Gasteiger partial charge in [0, 0.05) is 77.6 Å². The number of hydrogen-bond donors (Lipinski definition) is 3. The van der Waals surface area contributed by atoms with Gasteiger partial charge in [0.15, 0.2) is 5.82 Å². The molecule has 6 aromatic rings. The van der Waals surface area contributed by atoms with Gasteiger partial charge in [0.2, 0.25) is 0 Å². The van der Waals surface area contributed by atoms with Crippen LogP contribution in [0.4, 0.5) is 22.9 Å². The third-order valence-electron chi connectivity index (χ3n) is 11.2. The lowest BCUT2D eigenvalue weighted by molar-refractivity contribution is -0.384. The summed E-state index contributed by atoms with van der Waals surface area (Å²) < 4.78 is 30.2. The third kappa shape index (κ3) is 10.2. The minimum Gasteiger partial charge on any atom is -0.376 e. The van der Waals surface area contributed by atoms with Gasteiger partial charge >= 0.3 is 0 Å². The molecule has 8 rings (SSSR count). The Labute approximate surface area is 360 Å². The molecule has 2 fully saturated rings. The Bertz CT molecular complexity index is 2540. The van der Waals surface area contributed by atoms with E-state index in [0.717, 1.165) is 67.9 Å². The van der Waals surface area contributed by atoms with Crippen LogP contribution in [-0.2, 0) is 16.6 Å². The first kappa shape index (κ1) is 41.5. The number of rotatable bonds is 17. The van der Waals surface area contributed by atoms with Crippen molar-refractivity contribution in [1.82, 2.24) is 20.2 Å². The summed E-state index contributed by atoms with van der Waals surface area (Å²) in [6.45, 7) is 4.96. The molecule has 60 heavy (non-hydrogen) atoms. The molecule has 0 amide bonds. The Balaban J connectivity index is 0.929. The van der Waals surface area contributed by atoms with Crippen LogP contribution in [0, 0.1) is 10.1 Å². The van der Waals surface area contributed by atoms with Crippen molar-refractivity contribution in [3.05, 3.63) is 142 Å². The molecule has 1 aliphatic carbocycles. The molecule has 0 spiro atoms. The van der Waals surface area contributed by atoms with Crippen molar-refractivity contribution in [2.75, 3.05) is 53.4 Å². The molecule has 2 aliphatic rings. The van der Waals surface area contributed by atoms with Crippen LogP contribution in [0.25, 0.3) is 22.0 Å². The van der Waals surface area contributed by atoms with Gasteiger partial charge < -0.3 is 15.5 Å². The summed E-state index contributed by atoms with van der Waals surface area (Å²) in [5.41, 5.74) is 5.11. The molecule has 1 aromatic heterocycles. The first-order valence-corrected chi connectivity index (χ1v) is 23.1. The van der Waals surface area contributed by atoms with Crippen LogP contribution in [0.15, 0.2) is 131 Å². The van der Waals surface area contributed by atoms with E-state index in [-0.39, 0.29) is 28.1 Å². The lowest BCUT2D eigenvalue weighted by Crippen LogP contribution is -2.46. The SMILES string of the molecule is O=[N+]([O-])c1cc(S(=O)(=O)Nc2ncnc3cc(N4CCN(Cc5ccccc5-c5ccc(Cl)cc5)CC4)ccc23)ccc1N[C@H](CCNC1CCC1)CSc1ccccc1. The van der Waals surface area contributed by atoms with Crippen LogP contribution >= 0.6 is 23.4 Å². The number of benzene rings is 5. The van der Waals surface area contributed by atoms with E-state index in [1.54, 1.807) is 11.8 Å². The van der Waals surface area contributed by atoms with Gasteiger partial charge in [-0.1, -0.05) is 72.6 Å². The molecule has 0 unspecified atom stereocenters. The van der Waals surface area contributed by atoms with Crippen molar-refractivity contribution in [3.8, 4) is 11.1 Å². The fourth-order valence-corrected chi connectivity index (χ4v) is 9.81. The van der Waals surface area contributed by atoms with E-state index in [1.807, 2.05) is 60.7 Å². The van der Waals surface area contributed by atoms with Crippen LogP contribution < -0.4 is 20.3 Å². The number of anilines is 3. The van der Waals surface area contributed by atoms with Crippen molar-refractivity contribution < 1.29 is 13.3 Å². The monoisotopic (exact) mass is 862 g/mol. The summed E-state index contributed by atoms with van der Waals surface area (Å²) in [5.74, 6) is 0.770. The smallest absolute Gasteiger partial charge is 0.293 e. The molecular formula is C45H47ClN8O4S2. The Hall–Kier alpha value is -5.25. The van der Waals surface area contributed by atoms with E-state index in [0.29, 0.717) is 27.7 Å². The fraction of sp³-hybridized carbons (Fsp3) is 0.289. The first-order valence-electron chi connectivity index (χ1n) is 20.2. The number of nitrogens with zero attached hydrogens (tertiary/aromatic N) is 5. The van der Waals surface area contributed by atoms with E-state index >= 15 is 0 Å². The van der Waals surface area contributed by atoms with Gasteiger partial charge in [-0.25, -0.2) is 18.4 Å². The maximum Gasteiger partial charge on any atom is 0.293 e. The number of thioether (sulfide) groups is 1. The molecular weight excluding hydrogens is 816 g/mol. The van der Waals surface area contributed by atoms with Crippen LogP contribution in [0.3, 0.4) is 0 Å². The number of nitro groups is 1. The zero-order valence-corrected chi connectivity index (χ0v) is 35.4. The first-order chi connectivity index (χ1) is 29.2. The Morgan fingerprint density at radius 3 is 2.40 bits per heavy atom. The van der Waals surface area contributed by atoms with E-state index in [2.05, 4.69) is 71.5 Å². The van der Waals surface area contributed by atoms with Gasteiger partial charge in [0.1, 0.15) is 12.0 Å². The number of nitrogens with one attached hydrogen (secondary N) is 3. The van der Waals surface area contributed by atoms with Crippen molar-refractivity contribution >= 4 is 67.2 Å². The lowest BCUT2D eigenvalue weighted by atomic mass is 9.93. The summed E-state index contributed by atoms with van der Waals surface area (Å²) >= 11 is 7.82. The molecule has 3 N–H and O–H groups in total. The summed E-state index contributed by atoms with van der Waals surface area (Å²) in [4.78, 5) is 26.2. The average molecular weight is 864 g/mol. The molecule has 1 atom stereocenters. The van der Waals surface area contributed by atoms with Crippen LogP contribution in [0.5, 0.6) is 0 Å². The number of hydrogen-bond acceptors (Lipinski definition) is 11. The zero-order valence-electron chi connectivity index (χ0n) is 33.0. The number of halogens is 1. The highest BCUT2D eigenvalue weighted by Crippen LogP contribution is 2.33. The number of aromatic nitrogens is 2. The summed E-state index contributed by atoms with van der Waals surface area (Å²) in [6, 6.07) is 36.5. The van der Waals surface area contributed by atoms with Gasteiger partial charge in [0.05, 0.1) is 15.3 Å². The third-order valence-corrected chi connectivity index (χ3v) is 14.0. The lowest BCUT2D eigenvalue weighted by Gasteiger charge is -2.36. The predicted molar refractivity (Wildman–Crippen MR) is 243 cm³/mol. The second-order valence-corrected chi connectivity index (χ2v) is 18.4.